The van der Waals surface area contributed by atoms with E-state index in [1.165, 1.54) is 6.92 Å². The van der Waals surface area contributed by atoms with Gasteiger partial charge >= 0.3 is 0 Å². The number of benzene rings is 2. The van der Waals surface area contributed by atoms with E-state index in [0.29, 0.717) is 24.6 Å². The average Bonchev–Trinajstić information content (AvgIpc) is 2.46. The third-order valence-corrected chi connectivity index (χ3v) is 2.85. The van der Waals surface area contributed by atoms with E-state index >= 15 is 0 Å². The maximum Gasteiger partial charge on any atom is 0.221 e. The monoisotopic (exact) mass is 270 g/mol. The normalized spacial score (nSPS) is 10.1. The number of amides is 1. The molecule has 0 fully saturated rings. The zero-order valence-electron chi connectivity index (χ0n) is 11.4. The van der Waals surface area contributed by atoms with Gasteiger partial charge < -0.3 is 15.8 Å². The Morgan fingerprint density at radius 2 is 1.75 bits per heavy atom. The van der Waals surface area contributed by atoms with Crippen molar-refractivity contribution in [3.05, 3.63) is 59.7 Å². The van der Waals surface area contributed by atoms with Crippen molar-refractivity contribution in [3.8, 4) is 5.75 Å². The first-order chi connectivity index (χ1) is 9.69. The standard InChI is InChI=1S/C16H18N2O2/c1-12(19)18-15-4-2-3-5-16(15)20-11-14-8-6-13(10-17)7-9-14/h2-9H,10-11,17H2,1H3,(H,18,19). The van der Waals surface area contributed by atoms with E-state index in [1.807, 2.05) is 48.5 Å². The highest BCUT2D eigenvalue weighted by atomic mass is 16.5. The van der Waals surface area contributed by atoms with Crippen LogP contribution in [0.25, 0.3) is 0 Å². The van der Waals surface area contributed by atoms with Gasteiger partial charge in [0.15, 0.2) is 0 Å². The van der Waals surface area contributed by atoms with Crippen LogP contribution in [0.3, 0.4) is 0 Å². The highest BCUT2D eigenvalue weighted by molar-refractivity contribution is 5.90. The van der Waals surface area contributed by atoms with Crippen LogP contribution in [-0.2, 0) is 17.9 Å². The van der Waals surface area contributed by atoms with Crippen LogP contribution in [0.2, 0.25) is 0 Å². The summed E-state index contributed by atoms with van der Waals surface area (Å²) in [6.45, 7) is 2.45. The second-order valence-electron chi connectivity index (χ2n) is 4.49. The fraction of sp³-hybridized carbons (Fsp3) is 0.188. The van der Waals surface area contributed by atoms with Crippen molar-refractivity contribution < 1.29 is 9.53 Å². The quantitative estimate of drug-likeness (QED) is 0.878. The Bertz CT molecular complexity index is 579. The molecule has 0 radical (unpaired) electrons. The van der Waals surface area contributed by atoms with Crippen LogP contribution < -0.4 is 15.8 Å². The summed E-state index contributed by atoms with van der Waals surface area (Å²) in [5, 5.41) is 2.75. The molecule has 1 amide bonds. The molecule has 4 nitrogen and oxygen atoms in total. The molecule has 0 atom stereocenters. The van der Waals surface area contributed by atoms with E-state index in [9.17, 15) is 4.79 Å². The molecule has 0 heterocycles. The lowest BCUT2D eigenvalue weighted by Gasteiger charge is -2.11. The molecular weight excluding hydrogens is 252 g/mol. The van der Waals surface area contributed by atoms with E-state index in [-0.39, 0.29) is 5.91 Å². The molecule has 4 heteroatoms. The van der Waals surface area contributed by atoms with Crippen LogP contribution >= 0.6 is 0 Å². The van der Waals surface area contributed by atoms with Crippen molar-refractivity contribution >= 4 is 11.6 Å². The largest absolute Gasteiger partial charge is 0.487 e. The van der Waals surface area contributed by atoms with Crippen LogP contribution in [0.4, 0.5) is 5.69 Å². The Labute approximate surface area is 118 Å². The van der Waals surface area contributed by atoms with Gasteiger partial charge in [0.1, 0.15) is 12.4 Å². The molecule has 0 aliphatic heterocycles. The highest BCUT2D eigenvalue weighted by Gasteiger charge is 2.04. The van der Waals surface area contributed by atoms with Gasteiger partial charge in [-0.2, -0.15) is 0 Å². The first-order valence-electron chi connectivity index (χ1n) is 6.46. The molecule has 0 saturated heterocycles. The summed E-state index contributed by atoms with van der Waals surface area (Å²) >= 11 is 0. The van der Waals surface area contributed by atoms with E-state index in [2.05, 4.69) is 5.32 Å². The number of hydrogen-bond acceptors (Lipinski definition) is 3. The minimum Gasteiger partial charge on any atom is -0.487 e. The Hall–Kier alpha value is -2.33. The van der Waals surface area contributed by atoms with Gasteiger partial charge in [-0.1, -0.05) is 36.4 Å². The summed E-state index contributed by atoms with van der Waals surface area (Å²) in [5.41, 5.74) is 8.38. The van der Waals surface area contributed by atoms with Crippen LogP contribution in [0.5, 0.6) is 5.75 Å². The number of anilines is 1. The molecule has 2 rings (SSSR count). The molecule has 20 heavy (non-hydrogen) atoms. The number of carbonyl (C=O) groups excluding carboxylic acids is 1. The molecule has 0 unspecified atom stereocenters. The first kappa shape index (κ1) is 14.1. The van der Waals surface area contributed by atoms with Crippen LogP contribution in [-0.4, -0.2) is 5.91 Å². The average molecular weight is 270 g/mol. The molecule has 2 aromatic rings. The van der Waals surface area contributed by atoms with Crippen molar-refractivity contribution in [2.75, 3.05) is 5.32 Å². The van der Waals surface area contributed by atoms with Gasteiger partial charge in [0.25, 0.3) is 0 Å². The molecule has 0 aliphatic carbocycles. The SMILES string of the molecule is CC(=O)Nc1ccccc1OCc1ccc(CN)cc1. The fourth-order valence-electron chi connectivity index (χ4n) is 1.82. The van der Waals surface area contributed by atoms with Gasteiger partial charge in [-0.05, 0) is 23.3 Å². The Balaban J connectivity index is 2.04. The first-order valence-corrected chi connectivity index (χ1v) is 6.46. The predicted molar refractivity (Wildman–Crippen MR) is 79.4 cm³/mol. The van der Waals surface area contributed by atoms with Crippen LogP contribution in [0.1, 0.15) is 18.1 Å². The molecule has 2 aromatic carbocycles. The highest BCUT2D eigenvalue weighted by Crippen LogP contribution is 2.24. The smallest absolute Gasteiger partial charge is 0.221 e. The van der Waals surface area contributed by atoms with Gasteiger partial charge in [-0.25, -0.2) is 0 Å². The van der Waals surface area contributed by atoms with Crippen molar-refractivity contribution in [2.45, 2.75) is 20.1 Å². The Morgan fingerprint density at radius 3 is 2.40 bits per heavy atom. The minimum atomic E-state index is -0.117. The van der Waals surface area contributed by atoms with Gasteiger partial charge in [-0.15, -0.1) is 0 Å². The zero-order valence-corrected chi connectivity index (χ0v) is 11.4. The van der Waals surface area contributed by atoms with Gasteiger partial charge in [-0.3, -0.25) is 4.79 Å². The van der Waals surface area contributed by atoms with Crippen molar-refractivity contribution in [1.29, 1.82) is 0 Å². The maximum absolute atomic E-state index is 11.1. The predicted octanol–water partition coefficient (Wildman–Crippen LogP) is 2.68. The van der Waals surface area contributed by atoms with Crippen molar-refractivity contribution in [3.63, 3.8) is 0 Å². The molecule has 0 bridgehead atoms. The van der Waals surface area contributed by atoms with Crippen LogP contribution in [0, 0.1) is 0 Å². The van der Waals surface area contributed by atoms with Crippen LogP contribution in [0.15, 0.2) is 48.5 Å². The van der Waals surface area contributed by atoms with Crippen molar-refractivity contribution in [1.82, 2.24) is 0 Å². The number of para-hydroxylation sites is 2. The second-order valence-corrected chi connectivity index (χ2v) is 4.49. The molecular formula is C16H18N2O2. The molecule has 0 spiro atoms. The number of nitrogens with one attached hydrogen (secondary N) is 1. The van der Waals surface area contributed by atoms with Gasteiger partial charge in [0, 0.05) is 13.5 Å². The Morgan fingerprint density at radius 1 is 1.10 bits per heavy atom. The lowest BCUT2D eigenvalue weighted by Crippen LogP contribution is -2.07. The summed E-state index contributed by atoms with van der Waals surface area (Å²) in [6, 6.07) is 15.3. The number of rotatable bonds is 5. The van der Waals surface area contributed by atoms with E-state index in [1.54, 1.807) is 0 Å². The summed E-state index contributed by atoms with van der Waals surface area (Å²) in [6.07, 6.45) is 0. The molecule has 0 saturated carbocycles. The lowest BCUT2D eigenvalue weighted by atomic mass is 10.1. The lowest BCUT2D eigenvalue weighted by molar-refractivity contribution is -0.114. The van der Waals surface area contributed by atoms with Crippen molar-refractivity contribution in [2.24, 2.45) is 5.73 Å². The maximum atomic E-state index is 11.1. The molecule has 104 valence electrons. The summed E-state index contributed by atoms with van der Waals surface area (Å²) in [5.74, 6) is 0.541. The van der Waals surface area contributed by atoms with E-state index in [4.69, 9.17) is 10.5 Å². The zero-order chi connectivity index (χ0) is 14.4. The second kappa shape index (κ2) is 6.73. The number of carbonyl (C=O) groups is 1. The van der Waals surface area contributed by atoms with Gasteiger partial charge in [0.2, 0.25) is 5.91 Å². The minimum absolute atomic E-state index is 0.117. The molecule has 3 N–H and O–H groups in total. The van der Waals surface area contributed by atoms with E-state index < -0.39 is 0 Å². The fourth-order valence-corrected chi connectivity index (χ4v) is 1.82. The summed E-state index contributed by atoms with van der Waals surface area (Å²) in [7, 11) is 0. The number of nitrogens with two attached hydrogens (primary N) is 1. The summed E-state index contributed by atoms with van der Waals surface area (Å²) in [4.78, 5) is 11.1. The van der Waals surface area contributed by atoms with Gasteiger partial charge in [0.05, 0.1) is 5.69 Å². The third-order valence-electron chi connectivity index (χ3n) is 2.85. The topological polar surface area (TPSA) is 64.3 Å². The van der Waals surface area contributed by atoms with E-state index in [0.717, 1.165) is 11.1 Å². The molecule has 0 aromatic heterocycles. The molecule has 0 aliphatic rings. The summed E-state index contributed by atoms with van der Waals surface area (Å²) < 4.78 is 5.75. The number of ether oxygens (including phenoxy) is 1. The number of hydrogen-bond donors (Lipinski definition) is 2. The Kier molecular flexibility index (Phi) is 4.74. The third kappa shape index (κ3) is 3.83.